The quantitative estimate of drug-likeness (QED) is 0.723. The van der Waals surface area contributed by atoms with E-state index in [0.717, 1.165) is 38.3 Å². The van der Waals surface area contributed by atoms with Gasteiger partial charge in [-0.15, -0.1) is 0 Å². The van der Waals surface area contributed by atoms with Gasteiger partial charge in [0.15, 0.2) is 0 Å². The Morgan fingerprint density at radius 3 is 2.33 bits per heavy atom. The van der Waals surface area contributed by atoms with Gasteiger partial charge in [-0.05, 0) is 31.9 Å². The Morgan fingerprint density at radius 1 is 1.22 bits per heavy atom. The van der Waals surface area contributed by atoms with Crippen LogP contribution in [-0.4, -0.2) is 47.7 Å². The number of likely N-dealkylation sites (N-methyl/N-ethyl adjacent to an activating group) is 1. The van der Waals surface area contributed by atoms with Gasteiger partial charge in [-0.2, -0.15) is 0 Å². The number of methoxy groups -OCH3 is 1. The minimum absolute atomic E-state index is 0.264. The molecule has 0 amide bonds. The molecule has 0 aromatic carbocycles. The van der Waals surface area contributed by atoms with Gasteiger partial charge in [0.25, 0.3) is 0 Å². The van der Waals surface area contributed by atoms with E-state index in [4.69, 9.17) is 13.6 Å². The molecule has 4 nitrogen and oxygen atoms in total. The molecule has 1 rings (SSSR count). The van der Waals surface area contributed by atoms with E-state index < -0.39 is 8.56 Å². The molecule has 18 heavy (non-hydrogen) atoms. The molecular weight excluding hydrogens is 246 g/mol. The van der Waals surface area contributed by atoms with Crippen LogP contribution >= 0.6 is 0 Å². The normalized spacial score (nSPS) is 31.5. The second kappa shape index (κ2) is 7.00. The number of hydrogen-bond donors (Lipinski definition) is 1. The van der Waals surface area contributed by atoms with Crippen LogP contribution in [0.2, 0.25) is 6.04 Å². The van der Waals surface area contributed by atoms with Crippen molar-refractivity contribution in [2.45, 2.75) is 56.8 Å². The van der Waals surface area contributed by atoms with Crippen LogP contribution in [0.15, 0.2) is 0 Å². The molecule has 0 radical (unpaired) electrons. The van der Waals surface area contributed by atoms with Crippen LogP contribution in [-0.2, 0) is 13.6 Å². The molecule has 1 fully saturated rings. The van der Waals surface area contributed by atoms with E-state index in [1.165, 1.54) is 0 Å². The highest BCUT2D eigenvalue weighted by Gasteiger charge is 2.62. The Labute approximate surface area is 113 Å². The number of rotatable bonds is 7. The molecule has 1 heterocycles. The minimum Gasteiger partial charge on any atom is -0.396 e. The monoisotopic (exact) mass is 275 g/mol. The van der Waals surface area contributed by atoms with E-state index in [0.29, 0.717) is 6.04 Å². The zero-order valence-corrected chi connectivity index (χ0v) is 13.5. The highest BCUT2D eigenvalue weighted by molar-refractivity contribution is 6.71. The van der Waals surface area contributed by atoms with E-state index in [-0.39, 0.29) is 5.22 Å². The minimum atomic E-state index is -2.32. The van der Waals surface area contributed by atoms with Crippen molar-refractivity contribution in [3.8, 4) is 0 Å². The van der Waals surface area contributed by atoms with E-state index in [1.807, 2.05) is 7.11 Å². The van der Waals surface area contributed by atoms with Crippen LogP contribution in [0, 0.1) is 0 Å². The summed E-state index contributed by atoms with van der Waals surface area (Å²) in [4.78, 5) is 0. The fourth-order valence-corrected chi connectivity index (χ4v) is 7.61. The van der Waals surface area contributed by atoms with E-state index in [2.05, 4.69) is 19.2 Å². The first-order chi connectivity index (χ1) is 8.66. The Balaban J connectivity index is 3.13. The van der Waals surface area contributed by atoms with Crippen molar-refractivity contribution in [3.63, 3.8) is 0 Å². The van der Waals surface area contributed by atoms with Crippen molar-refractivity contribution in [3.05, 3.63) is 0 Å². The highest BCUT2D eigenvalue weighted by Crippen LogP contribution is 2.42. The number of nitrogens with one attached hydrogen (secondary N) is 1. The summed E-state index contributed by atoms with van der Waals surface area (Å²) in [5.41, 5.74) is 0. The largest absolute Gasteiger partial charge is 0.396 e. The lowest BCUT2D eigenvalue weighted by molar-refractivity contribution is -0.0368. The Bertz CT molecular complexity index is 246. The van der Waals surface area contributed by atoms with Gasteiger partial charge >= 0.3 is 8.56 Å². The van der Waals surface area contributed by atoms with Crippen LogP contribution in [0.3, 0.4) is 0 Å². The van der Waals surface area contributed by atoms with Crippen molar-refractivity contribution < 1.29 is 13.6 Å². The molecule has 2 atom stereocenters. The molecule has 0 aliphatic carbocycles. The SMILES string of the molecule is CCCC1(OC)C(NCC)CCC[Si]1(OC)OC. The Kier molecular flexibility index (Phi) is 6.27. The van der Waals surface area contributed by atoms with Gasteiger partial charge in [0.05, 0.1) is 0 Å². The fraction of sp³-hybridized carbons (Fsp3) is 1.00. The molecular formula is C13H29NO3Si. The summed E-state index contributed by atoms with van der Waals surface area (Å²) in [5.74, 6) is 0. The van der Waals surface area contributed by atoms with Gasteiger partial charge in [0.1, 0.15) is 5.22 Å². The molecule has 0 aromatic heterocycles. The predicted octanol–water partition coefficient (Wildman–Crippen LogP) is 2.22. The maximum absolute atomic E-state index is 6.03. The van der Waals surface area contributed by atoms with Crippen LogP contribution in [0.4, 0.5) is 0 Å². The summed E-state index contributed by atoms with van der Waals surface area (Å²) in [6.07, 6.45) is 4.37. The van der Waals surface area contributed by atoms with Crippen molar-refractivity contribution >= 4 is 8.56 Å². The topological polar surface area (TPSA) is 39.7 Å². The summed E-state index contributed by atoms with van der Waals surface area (Å²) in [7, 11) is 3.06. The lowest BCUT2D eigenvalue weighted by Gasteiger charge is -2.52. The van der Waals surface area contributed by atoms with Crippen molar-refractivity contribution in [2.75, 3.05) is 27.9 Å². The fourth-order valence-electron chi connectivity index (χ4n) is 3.53. The summed E-state index contributed by atoms with van der Waals surface area (Å²) in [6.45, 7) is 5.30. The number of hydrogen-bond acceptors (Lipinski definition) is 4. The van der Waals surface area contributed by atoms with Gasteiger partial charge in [-0.1, -0.05) is 20.3 Å². The average Bonchev–Trinajstić information content (AvgIpc) is 2.41. The molecule has 108 valence electrons. The molecule has 0 bridgehead atoms. The Hall–Kier alpha value is 0.0569. The molecule has 0 spiro atoms. The first-order valence-corrected chi connectivity index (χ1v) is 9.07. The van der Waals surface area contributed by atoms with Gasteiger partial charge < -0.3 is 18.9 Å². The maximum Gasteiger partial charge on any atom is 0.372 e. The van der Waals surface area contributed by atoms with Gasteiger partial charge in [-0.3, -0.25) is 0 Å². The van der Waals surface area contributed by atoms with Crippen LogP contribution in [0.1, 0.15) is 39.5 Å². The molecule has 0 aromatic rings. The maximum atomic E-state index is 6.03. The molecule has 1 aliphatic heterocycles. The van der Waals surface area contributed by atoms with Crippen LogP contribution in [0.5, 0.6) is 0 Å². The smallest absolute Gasteiger partial charge is 0.372 e. The molecule has 1 N–H and O–H groups in total. The third-order valence-electron chi connectivity index (χ3n) is 4.30. The molecule has 5 heteroatoms. The third kappa shape index (κ3) is 2.51. The van der Waals surface area contributed by atoms with Gasteiger partial charge in [0, 0.05) is 27.4 Å². The zero-order chi connectivity index (χ0) is 13.6. The lowest BCUT2D eigenvalue weighted by Crippen LogP contribution is -2.73. The van der Waals surface area contributed by atoms with Crippen LogP contribution in [0.25, 0.3) is 0 Å². The van der Waals surface area contributed by atoms with Gasteiger partial charge in [-0.25, -0.2) is 0 Å². The summed E-state index contributed by atoms with van der Waals surface area (Å²) >= 11 is 0. The third-order valence-corrected chi connectivity index (χ3v) is 8.72. The average molecular weight is 275 g/mol. The highest BCUT2D eigenvalue weighted by atomic mass is 28.4. The number of ether oxygens (including phenoxy) is 1. The lowest BCUT2D eigenvalue weighted by atomic mass is 9.99. The molecule has 2 unspecified atom stereocenters. The summed E-state index contributed by atoms with van der Waals surface area (Å²) in [6, 6.07) is 1.36. The van der Waals surface area contributed by atoms with Crippen molar-refractivity contribution in [2.24, 2.45) is 0 Å². The van der Waals surface area contributed by atoms with Crippen molar-refractivity contribution in [1.29, 1.82) is 0 Å². The standard InChI is InChI=1S/C13H29NO3Si/c1-6-10-13(15-3)12(14-7-2)9-8-11-18(13,16-4)17-5/h12,14H,6-11H2,1-5H3. The Morgan fingerprint density at radius 2 is 1.89 bits per heavy atom. The van der Waals surface area contributed by atoms with Crippen LogP contribution < -0.4 is 5.32 Å². The van der Waals surface area contributed by atoms with E-state index in [9.17, 15) is 0 Å². The molecule has 1 saturated heterocycles. The van der Waals surface area contributed by atoms with E-state index in [1.54, 1.807) is 14.2 Å². The van der Waals surface area contributed by atoms with Crippen molar-refractivity contribution in [1.82, 2.24) is 5.32 Å². The second-order valence-corrected chi connectivity index (χ2v) is 8.68. The van der Waals surface area contributed by atoms with E-state index >= 15 is 0 Å². The predicted molar refractivity (Wildman–Crippen MR) is 75.9 cm³/mol. The summed E-state index contributed by atoms with van der Waals surface area (Å²) in [5, 5.41) is 3.32. The van der Waals surface area contributed by atoms with Gasteiger partial charge in [0.2, 0.25) is 0 Å². The molecule has 1 aliphatic rings. The first-order valence-electron chi connectivity index (χ1n) is 7.05. The molecule has 0 saturated carbocycles. The first kappa shape index (κ1) is 16.1. The summed E-state index contributed by atoms with van der Waals surface area (Å²) < 4.78 is 17.9. The second-order valence-electron chi connectivity index (χ2n) is 5.01. The zero-order valence-electron chi connectivity index (χ0n) is 12.5.